The zero-order valence-electron chi connectivity index (χ0n) is 16.3. The van der Waals surface area contributed by atoms with Crippen LogP contribution in [0.4, 0.5) is 5.69 Å². The van der Waals surface area contributed by atoms with Gasteiger partial charge in [-0.15, -0.1) is 11.3 Å². The second kappa shape index (κ2) is 7.96. The van der Waals surface area contributed by atoms with Gasteiger partial charge in [-0.05, 0) is 57.5 Å². The number of fused-ring (bicyclic) bond motifs is 1. The predicted octanol–water partition coefficient (Wildman–Crippen LogP) is 2.99. The van der Waals surface area contributed by atoms with E-state index in [0.717, 1.165) is 11.3 Å². The summed E-state index contributed by atoms with van der Waals surface area (Å²) in [6, 6.07) is 6.39. The Morgan fingerprint density at radius 3 is 2.45 bits per heavy atom. The van der Waals surface area contributed by atoms with Gasteiger partial charge in [0.25, 0.3) is 11.5 Å². The van der Waals surface area contributed by atoms with Crippen LogP contribution in [0.1, 0.15) is 45.3 Å². The summed E-state index contributed by atoms with van der Waals surface area (Å²) in [6.07, 6.45) is -1.06. The first-order valence-electron chi connectivity index (χ1n) is 8.80. The molecule has 3 rings (SSSR count). The van der Waals surface area contributed by atoms with Gasteiger partial charge in [-0.3, -0.25) is 14.4 Å². The largest absolute Gasteiger partial charge is 0.448 e. The van der Waals surface area contributed by atoms with Gasteiger partial charge >= 0.3 is 5.97 Å². The van der Waals surface area contributed by atoms with Gasteiger partial charge in [-0.25, -0.2) is 9.78 Å². The number of benzene rings is 1. The van der Waals surface area contributed by atoms with Gasteiger partial charge in [0, 0.05) is 11.3 Å². The maximum atomic E-state index is 12.5. The number of hydrogen-bond acceptors (Lipinski definition) is 7. The minimum atomic E-state index is -1.06. The third-order valence-corrected chi connectivity index (χ3v) is 5.48. The second-order valence-corrected chi connectivity index (χ2v) is 7.56. The number of Topliss-reactive ketones (excluding diaryl/α,β-unsaturated/α-hetero) is 1. The summed E-state index contributed by atoms with van der Waals surface area (Å²) in [4.78, 5) is 55.8. The molecule has 0 aliphatic heterocycles. The number of aryl methyl sites for hydroxylation is 2. The Morgan fingerprint density at radius 2 is 1.83 bits per heavy atom. The zero-order valence-corrected chi connectivity index (χ0v) is 17.1. The van der Waals surface area contributed by atoms with E-state index in [9.17, 15) is 19.2 Å². The number of aromatic nitrogens is 2. The lowest BCUT2D eigenvalue weighted by atomic mass is 10.1. The number of aromatic amines is 1. The van der Waals surface area contributed by atoms with E-state index >= 15 is 0 Å². The molecule has 150 valence electrons. The number of H-pyrrole nitrogens is 1. The van der Waals surface area contributed by atoms with Crippen LogP contribution in [0.3, 0.4) is 0 Å². The fourth-order valence-corrected chi connectivity index (χ4v) is 3.86. The van der Waals surface area contributed by atoms with Crippen molar-refractivity contribution in [2.24, 2.45) is 0 Å². The molecule has 0 spiro atoms. The van der Waals surface area contributed by atoms with Crippen LogP contribution in [0.5, 0.6) is 0 Å². The van der Waals surface area contributed by atoms with E-state index in [0.29, 0.717) is 32.9 Å². The Balaban J connectivity index is 1.73. The first-order chi connectivity index (χ1) is 13.7. The second-order valence-electron chi connectivity index (χ2n) is 6.56. The number of esters is 1. The molecular formula is C20H19N3O5S. The fourth-order valence-electron chi connectivity index (χ4n) is 2.75. The summed E-state index contributed by atoms with van der Waals surface area (Å²) in [5.74, 6) is -0.837. The van der Waals surface area contributed by atoms with Crippen molar-refractivity contribution in [1.82, 2.24) is 9.97 Å². The van der Waals surface area contributed by atoms with Crippen LogP contribution >= 0.6 is 11.3 Å². The van der Waals surface area contributed by atoms with Gasteiger partial charge in [-0.2, -0.15) is 0 Å². The molecule has 8 nitrogen and oxygen atoms in total. The molecule has 0 saturated heterocycles. The molecule has 0 bridgehead atoms. The van der Waals surface area contributed by atoms with Crippen LogP contribution in [0, 0.1) is 13.8 Å². The van der Waals surface area contributed by atoms with Crippen LogP contribution in [0.15, 0.2) is 29.1 Å². The molecule has 1 amide bonds. The number of anilines is 1. The van der Waals surface area contributed by atoms with Crippen LogP contribution in [0.2, 0.25) is 0 Å². The molecule has 29 heavy (non-hydrogen) atoms. The van der Waals surface area contributed by atoms with E-state index in [1.807, 2.05) is 0 Å². The smallest absolute Gasteiger partial charge is 0.349 e. The standard InChI is InChI=1S/C20H19N3O5S/c1-9-15-18(26)21-12(4)22-19(15)29-16(9)20(27)28-11(3)17(25)23-14-7-5-13(6-8-14)10(2)24/h5-8,11H,1-4H3,(H,23,25)(H,21,22,26)/t11-/m0/s1. The number of thiophene rings is 1. The summed E-state index contributed by atoms with van der Waals surface area (Å²) >= 11 is 1.05. The molecule has 1 atom stereocenters. The summed E-state index contributed by atoms with van der Waals surface area (Å²) in [5.41, 5.74) is 1.16. The van der Waals surface area contributed by atoms with Crippen LogP contribution in [-0.2, 0) is 9.53 Å². The molecule has 0 unspecified atom stereocenters. The molecule has 0 saturated carbocycles. The lowest BCUT2D eigenvalue weighted by Crippen LogP contribution is -2.30. The van der Waals surface area contributed by atoms with Crippen molar-refractivity contribution >= 4 is 44.9 Å². The van der Waals surface area contributed by atoms with Crippen molar-refractivity contribution in [1.29, 1.82) is 0 Å². The normalized spacial score (nSPS) is 11.9. The molecule has 0 aliphatic carbocycles. The lowest BCUT2D eigenvalue weighted by molar-refractivity contribution is -0.123. The van der Waals surface area contributed by atoms with E-state index in [1.165, 1.54) is 13.8 Å². The third kappa shape index (κ3) is 4.24. The van der Waals surface area contributed by atoms with E-state index in [2.05, 4.69) is 15.3 Å². The highest BCUT2D eigenvalue weighted by Gasteiger charge is 2.24. The van der Waals surface area contributed by atoms with Gasteiger partial charge < -0.3 is 15.0 Å². The van der Waals surface area contributed by atoms with Crippen molar-refractivity contribution in [2.45, 2.75) is 33.8 Å². The summed E-state index contributed by atoms with van der Waals surface area (Å²) < 4.78 is 5.28. The number of hydrogen-bond donors (Lipinski definition) is 2. The predicted molar refractivity (Wildman–Crippen MR) is 110 cm³/mol. The van der Waals surface area contributed by atoms with Crippen molar-refractivity contribution in [2.75, 3.05) is 5.32 Å². The highest BCUT2D eigenvalue weighted by molar-refractivity contribution is 7.20. The van der Waals surface area contributed by atoms with Gasteiger partial charge in [0.2, 0.25) is 0 Å². The van der Waals surface area contributed by atoms with Crippen LogP contribution < -0.4 is 10.9 Å². The molecule has 3 aromatic rings. The van der Waals surface area contributed by atoms with E-state index < -0.39 is 18.0 Å². The van der Waals surface area contributed by atoms with Gasteiger partial charge in [0.1, 0.15) is 15.5 Å². The van der Waals surface area contributed by atoms with Crippen molar-refractivity contribution in [3.63, 3.8) is 0 Å². The van der Waals surface area contributed by atoms with Crippen LogP contribution in [0.25, 0.3) is 10.2 Å². The van der Waals surface area contributed by atoms with Crippen molar-refractivity contribution in [3.8, 4) is 0 Å². The average Bonchev–Trinajstić information content (AvgIpc) is 2.98. The molecule has 0 aliphatic rings. The number of amides is 1. The van der Waals surface area contributed by atoms with E-state index in [1.54, 1.807) is 38.1 Å². The molecule has 2 aromatic heterocycles. The Morgan fingerprint density at radius 1 is 1.17 bits per heavy atom. The minimum absolute atomic E-state index is 0.0765. The Kier molecular flexibility index (Phi) is 5.60. The third-order valence-electron chi connectivity index (χ3n) is 4.32. The molecule has 2 heterocycles. The van der Waals surface area contributed by atoms with Gasteiger partial charge in [-0.1, -0.05) is 0 Å². The number of carbonyl (C=O) groups excluding carboxylic acids is 3. The Bertz CT molecular complexity index is 1180. The number of nitrogens with one attached hydrogen (secondary N) is 2. The van der Waals surface area contributed by atoms with E-state index in [4.69, 9.17) is 4.74 Å². The number of ether oxygens (including phenoxy) is 1. The maximum Gasteiger partial charge on any atom is 0.349 e. The first kappa shape index (κ1) is 20.4. The fraction of sp³-hybridized carbons (Fsp3) is 0.250. The maximum absolute atomic E-state index is 12.5. The highest BCUT2D eigenvalue weighted by atomic mass is 32.1. The minimum Gasteiger partial charge on any atom is -0.448 e. The molecule has 2 N–H and O–H groups in total. The molecule has 9 heteroatoms. The zero-order chi connectivity index (χ0) is 21.3. The van der Waals surface area contributed by atoms with Gasteiger partial charge in [0.05, 0.1) is 5.39 Å². The van der Waals surface area contributed by atoms with Crippen molar-refractivity contribution in [3.05, 3.63) is 56.4 Å². The van der Waals surface area contributed by atoms with Crippen molar-refractivity contribution < 1.29 is 19.1 Å². The summed E-state index contributed by atoms with van der Waals surface area (Å²) in [7, 11) is 0. The number of ketones is 1. The SMILES string of the molecule is CC(=O)c1ccc(NC(=O)[C@H](C)OC(=O)c2sc3nc(C)[nH]c(=O)c3c2C)cc1. The molecular weight excluding hydrogens is 394 g/mol. The monoisotopic (exact) mass is 413 g/mol. The number of nitrogens with zero attached hydrogens (tertiary/aromatic N) is 1. The summed E-state index contributed by atoms with van der Waals surface area (Å²) in [5, 5.41) is 2.97. The topological polar surface area (TPSA) is 118 Å². The lowest BCUT2D eigenvalue weighted by Gasteiger charge is -2.13. The average molecular weight is 413 g/mol. The number of rotatable bonds is 5. The number of carbonyl (C=O) groups is 3. The van der Waals surface area contributed by atoms with E-state index in [-0.39, 0.29) is 16.2 Å². The molecule has 1 aromatic carbocycles. The first-order valence-corrected chi connectivity index (χ1v) is 9.62. The Hall–Kier alpha value is -3.33. The molecule has 0 fully saturated rings. The summed E-state index contributed by atoms with van der Waals surface area (Å²) in [6.45, 7) is 6.21. The van der Waals surface area contributed by atoms with Crippen LogP contribution in [-0.4, -0.2) is 33.7 Å². The Labute approximate surface area is 169 Å². The van der Waals surface area contributed by atoms with Gasteiger partial charge in [0.15, 0.2) is 11.9 Å². The highest BCUT2D eigenvalue weighted by Crippen LogP contribution is 2.28. The quantitative estimate of drug-likeness (QED) is 0.490. The molecule has 0 radical (unpaired) electrons.